The summed E-state index contributed by atoms with van der Waals surface area (Å²) in [6.07, 6.45) is 4.00. The molecule has 24 heavy (non-hydrogen) atoms. The zero-order chi connectivity index (χ0) is 16.3. The van der Waals surface area contributed by atoms with E-state index in [-0.39, 0.29) is 18.2 Å². The van der Waals surface area contributed by atoms with E-state index in [2.05, 4.69) is 10.1 Å². The molecule has 8 heteroatoms. The summed E-state index contributed by atoms with van der Waals surface area (Å²) in [7, 11) is 0. The molecule has 0 atom stereocenters. The third-order valence-electron chi connectivity index (χ3n) is 4.03. The molecule has 1 aliphatic carbocycles. The predicted octanol–water partition coefficient (Wildman–Crippen LogP) is 3.99. The van der Waals surface area contributed by atoms with Crippen molar-refractivity contribution in [3.8, 4) is 0 Å². The Morgan fingerprint density at radius 3 is 2.62 bits per heavy atom. The van der Waals surface area contributed by atoms with E-state index < -0.39 is 5.54 Å². The Hall–Kier alpha value is -1.08. The fraction of sp³-hybridized carbons (Fsp3) is 0.438. The molecule has 2 N–H and O–H groups in total. The van der Waals surface area contributed by atoms with Gasteiger partial charge in [0.2, 0.25) is 5.89 Å². The molecule has 0 unspecified atom stereocenters. The van der Waals surface area contributed by atoms with Gasteiger partial charge in [-0.1, -0.05) is 29.6 Å². The summed E-state index contributed by atoms with van der Waals surface area (Å²) in [4.78, 5) is 16.5. The third kappa shape index (κ3) is 4.51. The van der Waals surface area contributed by atoms with Crippen molar-refractivity contribution in [3.05, 3.63) is 46.6 Å². The van der Waals surface area contributed by atoms with Gasteiger partial charge in [0.15, 0.2) is 11.6 Å². The second-order valence-corrected chi connectivity index (χ2v) is 7.22. The highest BCUT2D eigenvalue weighted by atomic mass is 35.5. The van der Waals surface area contributed by atoms with Gasteiger partial charge in [-0.3, -0.25) is 4.79 Å². The van der Waals surface area contributed by atoms with Crippen LogP contribution in [0.15, 0.2) is 28.8 Å². The van der Waals surface area contributed by atoms with Gasteiger partial charge >= 0.3 is 0 Å². The number of halogens is 2. The lowest BCUT2D eigenvalue weighted by Crippen LogP contribution is -2.34. The van der Waals surface area contributed by atoms with E-state index in [9.17, 15) is 4.79 Å². The Morgan fingerprint density at radius 1 is 1.29 bits per heavy atom. The summed E-state index contributed by atoms with van der Waals surface area (Å²) < 4.78 is 5.25. The summed E-state index contributed by atoms with van der Waals surface area (Å²) in [6, 6.07) is 6.89. The van der Waals surface area contributed by atoms with Gasteiger partial charge in [0, 0.05) is 10.6 Å². The van der Waals surface area contributed by atoms with Gasteiger partial charge in [0.1, 0.15) is 0 Å². The fourth-order valence-corrected chi connectivity index (χ4v) is 3.57. The van der Waals surface area contributed by atoms with Crippen LogP contribution in [-0.4, -0.2) is 21.7 Å². The van der Waals surface area contributed by atoms with Crippen molar-refractivity contribution in [2.45, 2.75) is 37.0 Å². The van der Waals surface area contributed by atoms with E-state index in [0.29, 0.717) is 33.8 Å². The monoisotopic (exact) mass is 387 g/mol. The Bertz CT molecular complexity index is 685. The molecule has 1 aliphatic rings. The maximum atomic E-state index is 12.1. The molecule has 130 valence electrons. The van der Waals surface area contributed by atoms with Crippen LogP contribution >= 0.6 is 35.8 Å². The Balaban J connectivity index is 0.00000208. The maximum Gasteiger partial charge on any atom is 0.236 e. The summed E-state index contributed by atoms with van der Waals surface area (Å²) in [5.74, 6) is 2.02. The normalized spacial score (nSPS) is 15.9. The maximum absolute atomic E-state index is 12.1. The van der Waals surface area contributed by atoms with Gasteiger partial charge < -0.3 is 10.3 Å². The summed E-state index contributed by atoms with van der Waals surface area (Å²) in [5, 5.41) is 4.63. The molecule has 0 saturated heterocycles. The minimum Gasteiger partial charge on any atom is -0.338 e. The summed E-state index contributed by atoms with van der Waals surface area (Å²) >= 11 is 7.26. The van der Waals surface area contributed by atoms with Crippen molar-refractivity contribution in [2.24, 2.45) is 5.73 Å². The number of carbonyl (C=O) groups is 1. The number of benzene rings is 1. The van der Waals surface area contributed by atoms with E-state index in [1.165, 1.54) is 11.8 Å². The predicted molar refractivity (Wildman–Crippen MR) is 97.8 cm³/mol. The molecule has 2 aromatic rings. The number of nitrogens with two attached hydrogens (primary N) is 1. The number of ketones is 1. The van der Waals surface area contributed by atoms with Crippen LogP contribution in [0, 0.1) is 0 Å². The van der Waals surface area contributed by atoms with Crippen molar-refractivity contribution in [2.75, 3.05) is 5.75 Å². The Labute approximate surface area is 156 Å². The quantitative estimate of drug-likeness (QED) is 0.754. The molecule has 0 aliphatic heterocycles. The number of thioether (sulfide) groups is 1. The number of rotatable bonds is 6. The van der Waals surface area contributed by atoms with Crippen molar-refractivity contribution in [3.63, 3.8) is 0 Å². The van der Waals surface area contributed by atoms with Crippen LogP contribution in [0.3, 0.4) is 0 Å². The van der Waals surface area contributed by atoms with Crippen molar-refractivity contribution < 1.29 is 9.32 Å². The first-order chi connectivity index (χ1) is 11.1. The van der Waals surface area contributed by atoms with Crippen LogP contribution in [0.25, 0.3) is 0 Å². The van der Waals surface area contributed by atoms with Crippen LogP contribution in [0.1, 0.15) is 47.8 Å². The second-order valence-electron chi connectivity index (χ2n) is 5.80. The summed E-state index contributed by atoms with van der Waals surface area (Å²) in [5.41, 5.74) is 6.52. The molecule has 1 saturated carbocycles. The average molecular weight is 388 g/mol. The topological polar surface area (TPSA) is 82.0 Å². The lowest BCUT2D eigenvalue weighted by molar-refractivity contribution is 0.102. The lowest BCUT2D eigenvalue weighted by Gasteiger charge is -2.17. The molecule has 1 fully saturated rings. The summed E-state index contributed by atoms with van der Waals surface area (Å²) in [6.45, 7) is 0. The van der Waals surface area contributed by atoms with Crippen LogP contribution in [0.5, 0.6) is 0 Å². The van der Waals surface area contributed by atoms with Gasteiger partial charge in [-0.25, -0.2) is 0 Å². The van der Waals surface area contributed by atoms with Gasteiger partial charge in [-0.15, -0.1) is 24.2 Å². The number of nitrogens with zero attached hydrogens (tertiary/aromatic N) is 2. The van der Waals surface area contributed by atoms with Crippen LogP contribution < -0.4 is 5.73 Å². The molecule has 5 nitrogen and oxygen atoms in total. The highest BCUT2D eigenvalue weighted by molar-refractivity contribution is 7.99. The Kier molecular flexibility index (Phi) is 6.69. The van der Waals surface area contributed by atoms with Crippen LogP contribution in [0.4, 0.5) is 0 Å². The van der Waals surface area contributed by atoms with Crippen LogP contribution in [0.2, 0.25) is 5.02 Å². The van der Waals surface area contributed by atoms with Gasteiger partial charge in [-0.05, 0) is 37.1 Å². The molecule has 0 radical (unpaired) electrons. The highest BCUT2D eigenvalue weighted by Crippen LogP contribution is 2.34. The highest BCUT2D eigenvalue weighted by Gasteiger charge is 2.35. The second kappa shape index (κ2) is 8.34. The molecule has 0 bridgehead atoms. The van der Waals surface area contributed by atoms with E-state index >= 15 is 0 Å². The van der Waals surface area contributed by atoms with Gasteiger partial charge in [-0.2, -0.15) is 4.98 Å². The largest absolute Gasteiger partial charge is 0.338 e. The first-order valence-electron chi connectivity index (χ1n) is 7.55. The Morgan fingerprint density at radius 2 is 1.96 bits per heavy atom. The van der Waals surface area contributed by atoms with Crippen molar-refractivity contribution >= 4 is 41.6 Å². The molecular formula is C16H19Cl2N3O2S. The fourth-order valence-electron chi connectivity index (χ4n) is 2.70. The minimum atomic E-state index is -0.439. The smallest absolute Gasteiger partial charge is 0.236 e. The third-order valence-corrected chi connectivity index (χ3v) is 5.20. The molecule has 0 amide bonds. The van der Waals surface area contributed by atoms with E-state index in [0.717, 1.165) is 25.7 Å². The molecule has 1 heterocycles. The average Bonchev–Trinajstić information content (AvgIpc) is 3.18. The van der Waals surface area contributed by atoms with Gasteiger partial charge in [0.05, 0.1) is 17.0 Å². The number of aromatic nitrogens is 2. The number of hydrogen-bond donors (Lipinski definition) is 1. The van der Waals surface area contributed by atoms with E-state index in [1.54, 1.807) is 24.3 Å². The number of carbonyl (C=O) groups excluding carboxylic acids is 1. The number of Topliss-reactive ketones (excluding diaryl/α,β-unsaturated/α-hetero) is 1. The van der Waals surface area contributed by atoms with Crippen LogP contribution in [-0.2, 0) is 11.3 Å². The standard InChI is InChI=1S/C16H18ClN3O2S.ClH/c17-12-5-3-11(4-6-12)13(21)9-23-10-14-19-15(20-22-14)16(18)7-1-2-8-16;/h3-6H,1-2,7-10,18H2;1H. The van der Waals surface area contributed by atoms with E-state index in [1.807, 2.05) is 0 Å². The SMILES string of the molecule is Cl.NC1(c2noc(CSCC(=O)c3ccc(Cl)cc3)n2)CCCC1. The molecule has 3 rings (SSSR count). The minimum absolute atomic E-state index is 0. The van der Waals surface area contributed by atoms with Crippen molar-refractivity contribution in [1.29, 1.82) is 0 Å². The zero-order valence-electron chi connectivity index (χ0n) is 13.0. The zero-order valence-corrected chi connectivity index (χ0v) is 15.4. The molecule has 1 aromatic heterocycles. The number of hydrogen-bond acceptors (Lipinski definition) is 6. The molecule has 0 spiro atoms. The lowest BCUT2D eigenvalue weighted by atomic mass is 9.99. The first-order valence-corrected chi connectivity index (χ1v) is 9.08. The van der Waals surface area contributed by atoms with E-state index in [4.69, 9.17) is 21.9 Å². The molecule has 1 aromatic carbocycles. The van der Waals surface area contributed by atoms with Gasteiger partial charge in [0.25, 0.3) is 0 Å². The molecular weight excluding hydrogens is 369 g/mol. The van der Waals surface area contributed by atoms with Crippen molar-refractivity contribution in [1.82, 2.24) is 10.1 Å². The first kappa shape index (κ1) is 19.2.